The zero-order valence-corrected chi connectivity index (χ0v) is 13.1. The fourth-order valence-corrected chi connectivity index (χ4v) is 4.08. The fourth-order valence-electron chi connectivity index (χ4n) is 2.31. The second-order valence-corrected chi connectivity index (χ2v) is 6.76. The fraction of sp³-hybridized carbons (Fsp3) is 0.667. The van der Waals surface area contributed by atoms with Crippen LogP contribution in [0.15, 0.2) is 11.2 Å². The van der Waals surface area contributed by atoms with E-state index in [1.54, 1.807) is 6.92 Å². The Bertz CT molecular complexity index is 613. The number of aromatic amines is 1. The summed E-state index contributed by atoms with van der Waals surface area (Å²) in [5, 5.41) is 9.11. The zero-order chi connectivity index (χ0) is 15.6. The topological polar surface area (TPSA) is 104 Å². The number of esters is 1. The molecule has 0 saturated carbocycles. The highest BCUT2D eigenvalue weighted by Gasteiger charge is 2.37. The average Bonchev–Trinajstić information content (AvgIpc) is 2.92. The van der Waals surface area contributed by atoms with Gasteiger partial charge in [0.25, 0.3) is 10.0 Å². The second-order valence-electron chi connectivity index (χ2n) is 4.93. The standard InChI is InChI=1S/C12H20N4O4S/c1-4-20-12(17)10-7-14-15-11(10)21(18,19)16-6-5-13-8(2)9(16)3/h7-9,13H,4-6H2,1-3H3,(H,14,15). The maximum atomic E-state index is 12.8. The molecule has 1 saturated heterocycles. The summed E-state index contributed by atoms with van der Waals surface area (Å²) in [5.74, 6) is -0.694. The molecule has 2 N–H and O–H groups in total. The molecule has 21 heavy (non-hydrogen) atoms. The number of rotatable bonds is 4. The number of sulfonamides is 1. The van der Waals surface area contributed by atoms with Crippen LogP contribution in [0.1, 0.15) is 31.1 Å². The van der Waals surface area contributed by atoms with E-state index >= 15 is 0 Å². The monoisotopic (exact) mass is 316 g/mol. The number of nitrogens with zero attached hydrogens (tertiary/aromatic N) is 2. The molecule has 1 aromatic rings. The van der Waals surface area contributed by atoms with Crippen molar-refractivity contribution in [2.24, 2.45) is 0 Å². The third-order valence-corrected chi connectivity index (χ3v) is 5.60. The third-order valence-electron chi connectivity index (χ3n) is 3.64. The first-order valence-corrected chi connectivity index (χ1v) is 8.29. The van der Waals surface area contributed by atoms with Gasteiger partial charge in [0, 0.05) is 25.2 Å². The molecule has 9 heteroatoms. The van der Waals surface area contributed by atoms with Gasteiger partial charge in [-0.25, -0.2) is 13.2 Å². The van der Waals surface area contributed by atoms with Crippen molar-refractivity contribution >= 4 is 16.0 Å². The maximum Gasteiger partial charge on any atom is 0.342 e. The number of aromatic nitrogens is 2. The Morgan fingerprint density at radius 2 is 2.24 bits per heavy atom. The molecule has 0 aliphatic carbocycles. The van der Waals surface area contributed by atoms with Crippen LogP contribution in [0.4, 0.5) is 0 Å². The lowest BCUT2D eigenvalue weighted by Gasteiger charge is -2.37. The minimum absolute atomic E-state index is 0.0301. The van der Waals surface area contributed by atoms with Crippen LogP contribution < -0.4 is 5.32 Å². The molecule has 1 aliphatic heterocycles. The van der Waals surface area contributed by atoms with Gasteiger partial charge in [-0.15, -0.1) is 0 Å². The van der Waals surface area contributed by atoms with E-state index in [9.17, 15) is 13.2 Å². The minimum atomic E-state index is -3.82. The first-order valence-electron chi connectivity index (χ1n) is 6.85. The van der Waals surface area contributed by atoms with E-state index in [4.69, 9.17) is 4.74 Å². The van der Waals surface area contributed by atoms with Crippen molar-refractivity contribution in [1.29, 1.82) is 0 Å². The van der Waals surface area contributed by atoms with E-state index in [1.807, 2.05) is 13.8 Å². The van der Waals surface area contributed by atoms with Gasteiger partial charge in [0.1, 0.15) is 5.56 Å². The van der Waals surface area contributed by atoms with E-state index in [1.165, 1.54) is 10.5 Å². The molecule has 0 radical (unpaired) electrons. The van der Waals surface area contributed by atoms with E-state index in [0.717, 1.165) is 0 Å². The molecule has 2 rings (SSSR count). The van der Waals surface area contributed by atoms with Crippen LogP contribution in [-0.2, 0) is 14.8 Å². The molecule has 0 bridgehead atoms. The lowest BCUT2D eigenvalue weighted by atomic mass is 10.1. The second kappa shape index (κ2) is 6.12. The molecule has 2 heterocycles. The van der Waals surface area contributed by atoms with Gasteiger partial charge in [0.2, 0.25) is 0 Å². The van der Waals surface area contributed by atoms with Gasteiger partial charge in [0.05, 0.1) is 12.8 Å². The summed E-state index contributed by atoms with van der Waals surface area (Å²) in [5.41, 5.74) is -0.0600. The Morgan fingerprint density at radius 1 is 1.52 bits per heavy atom. The van der Waals surface area contributed by atoms with Crippen molar-refractivity contribution in [3.05, 3.63) is 11.8 Å². The molecule has 2 unspecified atom stereocenters. The van der Waals surface area contributed by atoms with E-state index in [2.05, 4.69) is 15.5 Å². The summed E-state index contributed by atoms with van der Waals surface area (Å²) in [6.07, 6.45) is 1.18. The van der Waals surface area contributed by atoms with Crippen LogP contribution in [0, 0.1) is 0 Å². The average molecular weight is 316 g/mol. The molecule has 2 atom stereocenters. The van der Waals surface area contributed by atoms with E-state index < -0.39 is 16.0 Å². The van der Waals surface area contributed by atoms with Crippen molar-refractivity contribution in [1.82, 2.24) is 19.8 Å². The van der Waals surface area contributed by atoms with E-state index in [0.29, 0.717) is 13.1 Å². The molecule has 0 amide bonds. The predicted molar refractivity (Wildman–Crippen MR) is 75.4 cm³/mol. The van der Waals surface area contributed by atoms with Crippen molar-refractivity contribution in [3.8, 4) is 0 Å². The molecular formula is C12H20N4O4S. The highest BCUT2D eigenvalue weighted by molar-refractivity contribution is 7.89. The number of piperazine rings is 1. The first kappa shape index (κ1) is 15.9. The Balaban J connectivity index is 2.36. The van der Waals surface area contributed by atoms with Gasteiger partial charge < -0.3 is 10.1 Å². The minimum Gasteiger partial charge on any atom is -0.462 e. The zero-order valence-electron chi connectivity index (χ0n) is 12.3. The molecule has 0 aromatic carbocycles. The molecular weight excluding hydrogens is 296 g/mol. The Hall–Kier alpha value is -1.45. The van der Waals surface area contributed by atoms with Crippen LogP contribution in [0.2, 0.25) is 0 Å². The predicted octanol–water partition coefficient (Wildman–Crippen LogP) is -0.0427. The number of carbonyl (C=O) groups is 1. The summed E-state index contributed by atoms with van der Waals surface area (Å²) in [6.45, 7) is 6.49. The summed E-state index contributed by atoms with van der Waals surface area (Å²) in [6, 6.07) is -0.190. The lowest BCUT2D eigenvalue weighted by molar-refractivity contribution is 0.0521. The molecule has 1 aromatic heterocycles. The number of H-pyrrole nitrogens is 1. The van der Waals surface area contributed by atoms with Gasteiger partial charge in [-0.05, 0) is 20.8 Å². The Kier molecular flexibility index (Phi) is 4.64. The van der Waals surface area contributed by atoms with Crippen molar-refractivity contribution < 1.29 is 17.9 Å². The largest absolute Gasteiger partial charge is 0.462 e. The summed E-state index contributed by atoms with van der Waals surface area (Å²) in [4.78, 5) is 11.8. The first-order chi connectivity index (χ1) is 9.89. The normalized spacial score (nSPS) is 24.0. The van der Waals surface area contributed by atoms with Gasteiger partial charge in [0.15, 0.2) is 5.03 Å². The summed E-state index contributed by atoms with van der Waals surface area (Å²) >= 11 is 0. The lowest BCUT2D eigenvalue weighted by Crippen LogP contribution is -2.57. The number of ether oxygens (including phenoxy) is 1. The van der Waals surface area contributed by atoms with Crippen LogP contribution in [0.5, 0.6) is 0 Å². The van der Waals surface area contributed by atoms with Gasteiger partial charge in [-0.3, -0.25) is 5.10 Å². The maximum absolute atomic E-state index is 12.8. The van der Waals surface area contributed by atoms with E-state index in [-0.39, 0.29) is 29.3 Å². The van der Waals surface area contributed by atoms with Crippen LogP contribution in [0.25, 0.3) is 0 Å². The van der Waals surface area contributed by atoms with Crippen LogP contribution in [-0.4, -0.2) is 60.7 Å². The Labute approximate surface area is 123 Å². The van der Waals surface area contributed by atoms with Crippen molar-refractivity contribution in [2.45, 2.75) is 37.9 Å². The smallest absolute Gasteiger partial charge is 0.342 e. The summed E-state index contributed by atoms with van der Waals surface area (Å²) < 4.78 is 31.7. The van der Waals surface area contributed by atoms with Crippen LogP contribution in [0.3, 0.4) is 0 Å². The highest BCUT2D eigenvalue weighted by Crippen LogP contribution is 2.23. The van der Waals surface area contributed by atoms with Gasteiger partial charge >= 0.3 is 5.97 Å². The number of hydrogen-bond donors (Lipinski definition) is 2. The third kappa shape index (κ3) is 2.94. The summed E-state index contributed by atoms with van der Waals surface area (Å²) in [7, 11) is -3.82. The SMILES string of the molecule is CCOC(=O)c1cn[nH]c1S(=O)(=O)N1CCNC(C)C1C. The number of hydrogen-bond acceptors (Lipinski definition) is 6. The highest BCUT2D eigenvalue weighted by atomic mass is 32.2. The Morgan fingerprint density at radius 3 is 2.90 bits per heavy atom. The van der Waals surface area contributed by atoms with Gasteiger partial charge in [-0.1, -0.05) is 0 Å². The molecule has 1 fully saturated rings. The number of nitrogens with one attached hydrogen (secondary N) is 2. The number of carbonyl (C=O) groups excluding carboxylic acids is 1. The molecule has 0 spiro atoms. The van der Waals surface area contributed by atoms with Crippen LogP contribution >= 0.6 is 0 Å². The van der Waals surface area contributed by atoms with Crippen molar-refractivity contribution in [2.75, 3.05) is 19.7 Å². The quantitative estimate of drug-likeness (QED) is 0.755. The van der Waals surface area contributed by atoms with Crippen molar-refractivity contribution in [3.63, 3.8) is 0 Å². The molecule has 118 valence electrons. The van der Waals surface area contributed by atoms with Gasteiger partial charge in [-0.2, -0.15) is 9.40 Å². The molecule has 1 aliphatic rings. The molecule has 8 nitrogen and oxygen atoms in total.